The number of ether oxygens (including phenoxy) is 2. The summed E-state index contributed by atoms with van der Waals surface area (Å²) in [7, 11) is 0. The van der Waals surface area contributed by atoms with Gasteiger partial charge in [0.05, 0.1) is 28.3 Å². The Labute approximate surface area is 312 Å². The number of hydrogen-bond donors (Lipinski definition) is 0. The van der Waals surface area contributed by atoms with Crippen molar-refractivity contribution in [1.29, 1.82) is 0 Å². The molecule has 4 aliphatic heterocycles. The van der Waals surface area contributed by atoms with Gasteiger partial charge in [-0.1, -0.05) is 91.0 Å². The van der Waals surface area contributed by atoms with E-state index >= 15 is 0 Å². The number of hydrogen-bond acceptors (Lipinski definition) is 4. The monoisotopic (exact) mass is 691 g/mol. The minimum absolute atomic E-state index is 0.00574. The van der Waals surface area contributed by atoms with Crippen LogP contribution in [0, 0.1) is 0 Å². The molecule has 13 rings (SSSR count). The number of rotatable bonds is 2. The molecule has 0 saturated carbocycles. The summed E-state index contributed by atoms with van der Waals surface area (Å²) in [5.74, 6) is 3.46. The van der Waals surface area contributed by atoms with Crippen LogP contribution in [0.3, 0.4) is 0 Å². The third kappa shape index (κ3) is 3.64. The molecule has 0 atom stereocenters. The van der Waals surface area contributed by atoms with Gasteiger partial charge in [-0.2, -0.15) is 0 Å². The molecule has 5 heterocycles. The van der Waals surface area contributed by atoms with E-state index in [4.69, 9.17) is 9.47 Å². The Hall–Kier alpha value is -6.92. The summed E-state index contributed by atoms with van der Waals surface area (Å²) >= 11 is 0. The van der Waals surface area contributed by atoms with Crippen molar-refractivity contribution in [2.24, 2.45) is 0 Å². The molecule has 0 saturated heterocycles. The predicted molar refractivity (Wildman–Crippen MR) is 220 cm³/mol. The Morgan fingerprint density at radius 1 is 0.519 bits per heavy atom. The molecule has 6 heteroatoms. The van der Waals surface area contributed by atoms with Crippen LogP contribution in [-0.4, -0.2) is 11.3 Å². The van der Waals surface area contributed by atoms with Crippen LogP contribution in [0.5, 0.6) is 23.0 Å². The van der Waals surface area contributed by atoms with Crippen molar-refractivity contribution in [2.45, 2.75) is 12.8 Å². The van der Waals surface area contributed by atoms with Gasteiger partial charge in [0, 0.05) is 33.7 Å². The topological polar surface area (TPSA) is 29.9 Å². The summed E-state index contributed by atoms with van der Waals surface area (Å²) in [6.45, 7) is -0.00574. The molecule has 7 aromatic carbocycles. The van der Waals surface area contributed by atoms with Crippen molar-refractivity contribution in [1.82, 2.24) is 4.57 Å². The van der Waals surface area contributed by atoms with Gasteiger partial charge < -0.3 is 23.8 Å². The molecule has 54 heavy (non-hydrogen) atoms. The van der Waals surface area contributed by atoms with Crippen LogP contribution in [-0.2, 0) is 6.42 Å². The first-order chi connectivity index (χ1) is 26.8. The van der Waals surface area contributed by atoms with Crippen molar-refractivity contribution in [3.63, 3.8) is 0 Å². The number of aromatic nitrogens is 1. The van der Waals surface area contributed by atoms with E-state index in [9.17, 15) is 0 Å². The lowest BCUT2D eigenvalue weighted by molar-refractivity contribution is 0.477. The molecule has 0 N–H and O–H groups in total. The molecule has 5 nitrogen and oxygen atoms in total. The fourth-order valence-electron chi connectivity index (χ4n) is 9.83. The highest BCUT2D eigenvalue weighted by Gasteiger charge is 2.48. The Kier molecular flexibility index (Phi) is 5.50. The fourth-order valence-corrected chi connectivity index (χ4v) is 9.83. The third-order valence-corrected chi connectivity index (χ3v) is 12.0. The number of anilines is 6. The van der Waals surface area contributed by atoms with Crippen molar-refractivity contribution in [3.05, 3.63) is 163 Å². The van der Waals surface area contributed by atoms with E-state index in [1.807, 2.05) is 0 Å². The van der Waals surface area contributed by atoms with E-state index < -0.39 is 0 Å². The number of benzene rings is 7. The van der Waals surface area contributed by atoms with Gasteiger partial charge >= 0.3 is 0 Å². The van der Waals surface area contributed by atoms with Gasteiger partial charge in [-0.05, 0) is 107 Å². The Balaban J connectivity index is 1.07. The van der Waals surface area contributed by atoms with Gasteiger partial charge in [0.25, 0.3) is 6.71 Å². The maximum Gasteiger partial charge on any atom is 0.252 e. The van der Waals surface area contributed by atoms with Crippen molar-refractivity contribution < 1.29 is 9.47 Å². The summed E-state index contributed by atoms with van der Waals surface area (Å²) < 4.78 is 15.7. The van der Waals surface area contributed by atoms with Crippen LogP contribution in [0.15, 0.2) is 152 Å². The minimum atomic E-state index is -0.00574. The highest BCUT2D eigenvalue weighted by atomic mass is 16.5. The predicted octanol–water partition coefficient (Wildman–Crippen LogP) is 10.6. The highest BCUT2D eigenvalue weighted by Crippen LogP contribution is 2.56. The molecule has 0 radical (unpaired) electrons. The van der Waals surface area contributed by atoms with Crippen molar-refractivity contribution >= 4 is 74.2 Å². The fraction of sp³-hybridized carbons (Fsp3) is 0.0417. The Morgan fingerprint density at radius 3 is 1.78 bits per heavy atom. The van der Waals surface area contributed by atoms with Crippen LogP contribution < -0.4 is 35.7 Å². The van der Waals surface area contributed by atoms with Gasteiger partial charge in [0.1, 0.15) is 0 Å². The first kappa shape index (κ1) is 28.6. The summed E-state index contributed by atoms with van der Waals surface area (Å²) in [6.07, 6.45) is 6.70. The molecule has 0 unspecified atom stereocenters. The smallest absolute Gasteiger partial charge is 0.252 e. The van der Waals surface area contributed by atoms with E-state index in [1.54, 1.807) is 0 Å². The average Bonchev–Trinajstić information content (AvgIpc) is 3.57. The maximum absolute atomic E-state index is 6.64. The summed E-state index contributed by atoms with van der Waals surface area (Å²) in [5.41, 5.74) is 17.9. The normalized spacial score (nSPS) is 14.6. The second kappa shape index (κ2) is 10.4. The Morgan fingerprint density at radius 2 is 1.11 bits per heavy atom. The first-order valence-corrected chi connectivity index (χ1v) is 18.8. The Bertz CT molecular complexity index is 2850. The zero-order valence-corrected chi connectivity index (χ0v) is 29.2. The lowest BCUT2D eigenvalue weighted by Crippen LogP contribution is -2.61. The average molecular weight is 692 g/mol. The quantitative estimate of drug-likeness (QED) is 0.169. The third-order valence-electron chi connectivity index (χ3n) is 12.0. The largest absolute Gasteiger partial charge is 0.453 e. The summed E-state index contributed by atoms with van der Waals surface area (Å²) in [6, 6.07) is 52.6. The van der Waals surface area contributed by atoms with Crippen LogP contribution in [0.1, 0.15) is 17.7 Å². The minimum Gasteiger partial charge on any atom is -0.453 e. The molecule has 0 fully saturated rings. The van der Waals surface area contributed by atoms with Crippen LogP contribution in [0.2, 0.25) is 0 Å². The van der Waals surface area contributed by atoms with Gasteiger partial charge in [-0.15, -0.1) is 0 Å². The SMILES string of the molecule is C1=Cc2c(n(-c3ccc(-c4cc5c6c(c4)N4c7ccccc7Oc7cccc(c74)B6c4cccc6c4N5c4ccccc4O6)cc3)c3ccccc23)CC1. The molecule has 1 aromatic heterocycles. The molecule has 0 bridgehead atoms. The van der Waals surface area contributed by atoms with Gasteiger partial charge in [-0.3, -0.25) is 0 Å². The highest BCUT2D eigenvalue weighted by molar-refractivity contribution is 7.00. The summed E-state index contributed by atoms with van der Waals surface area (Å²) in [4.78, 5) is 4.90. The second-order valence-electron chi connectivity index (χ2n) is 14.8. The zero-order valence-electron chi connectivity index (χ0n) is 29.2. The molecule has 5 aliphatic rings. The van der Waals surface area contributed by atoms with E-state index in [0.717, 1.165) is 64.2 Å². The zero-order chi connectivity index (χ0) is 35.1. The number of allylic oxidation sites excluding steroid dienone is 1. The molecule has 0 spiro atoms. The molecular formula is C48H30BN3O2. The lowest BCUT2D eigenvalue weighted by Gasteiger charge is -2.47. The van der Waals surface area contributed by atoms with E-state index in [2.05, 4.69) is 172 Å². The number of nitrogens with zero attached hydrogens (tertiary/aromatic N) is 3. The van der Waals surface area contributed by atoms with Crippen molar-refractivity contribution in [3.8, 4) is 39.8 Å². The molecule has 8 aromatic rings. The van der Waals surface area contributed by atoms with E-state index in [0.29, 0.717) is 0 Å². The van der Waals surface area contributed by atoms with E-state index in [1.165, 1.54) is 61.2 Å². The lowest BCUT2D eigenvalue weighted by atomic mass is 9.33. The van der Waals surface area contributed by atoms with Gasteiger partial charge in [0.15, 0.2) is 23.0 Å². The number of para-hydroxylation sites is 7. The first-order valence-electron chi connectivity index (χ1n) is 18.8. The molecule has 252 valence electrons. The standard InChI is InChI=1S/C48H30BN3O2/c1-3-15-36-32(11-1)33-12-2-4-16-37(33)50(36)31-25-23-29(24-26-31)30-27-40-46-41(28-30)52-39-18-6-8-20-43(39)54-45-22-10-14-35(48(45)52)49(46)34-13-9-21-44-47(34)51(40)38-17-5-7-19-42(38)53-44/h1-3,5-15,17-28H,4,16H2. The number of fused-ring (bicyclic) bond motifs is 11. The molecule has 0 amide bonds. The van der Waals surface area contributed by atoms with Crippen LogP contribution in [0.25, 0.3) is 33.8 Å². The van der Waals surface area contributed by atoms with Gasteiger partial charge in [0.2, 0.25) is 0 Å². The second-order valence-corrected chi connectivity index (χ2v) is 14.8. The van der Waals surface area contributed by atoms with E-state index in [-0.39, 0.29) is 6.71 Å². The van der Waals surface area contributed by atoms with Gasteiger partial charge in [-0.25, -0.2) is 0 Å². The van der Waals surface area contributed by atoms with Crippen molar-refractivity contribution in [2.75, 3.05) is 9.80 Å². The molecule has 1 aliphatic carbocycles. The van der Waals surface area contributed by atoms with Crippen LogP contribution in [0.4, 0.5) is 34.1 Å². The van der Waals surface area contributed by atoms with Crippen LogP contribution >= 0.6 is 0 Å². The summed E-state index contributed by atoms with van der Waals surface area (Å²) in [5, 5.41) is 1.31. The molecular weight excluding hydrogens is 661 g/mol. The maximum atomic E-state index is 6.64.